The van der Waals surface area contributed by atoms with E-state index in [-0.39, 0.29) is 25.2 Å². The van der Waals surface area contributed by atoms with Crippen molar-refractivity contribution in [3.8, 4) is 0 Å². The molecule has 1 spiro atoms. The third-order valence-electron chi connectivity index (χ3n) is 5.75. The van der Waals surface area contributed by atoms with Crippen molar-refractivity contribution in [3.05, 3.63) is 48.0 Å². The van der Waals surface area contributed by atoms with E-state index in [1.807, 2.05) is 30.3 Å². The molecule has 0 amide bonds. The topological polar surface area (TPSA) is 80.3 Å². The van der Waals surface area contributed by atoms with Crippen molar-refractivity contribution in [2.24, 2.45) is 0 Å². The number of rotatable bonds is 4. The standard InChI is InChI=1S/C22H26O7/c1-25-19(23)21(29-20(24)26-15-16-8-4-2-5-9-16)13-10-17-18(14-21)28-22(27-17)11-6-3-7-12-22/h2,4-5,8-10,13,17-18H,3,6-7,11-12,14-15H2,1H3/t17-,18+,21-/m0/s1. The third-order valence-corrected chi connectivity index (χ3v) is 5.75. The van der Waals surface area contributed by atoms with E-state index in [0.29, 0.717) is 0 Å². The Balaban J connectivity index is 1.44. The van der Waals surface area contributed by atoms with Crippen LogP contribution in [-0.2, 0) is 35.1 Å². The van der Waals surface area contributed by atoms with Gasteiger partial charge in [-0.15, -0.1) is 0 Å². The maximum atomic E-state index is 12.6. The zero-order valence-electron chi connectivity index (χ0n) is 16.5. The van der Waals surface area contributed by atoms with Gasteiger partial charge in [0.2, 0.25) is 5.60 Å². The molecule has 2 aliphatic carbocycles. The van der Waals surface area contributed by atoms with Crippen molar-refractivity contribution in [3.63, 3.8) is 0 Å². The van der Waals surface area contributed by atoms with Crippen LogP contribution in [-0.4, -0.2) is 42.8 Å². The van der Waals surface area contributed by atoms with Crippen molar-refractivity contribution in [1.82, 2.24) is 0 Å². The van der Waals surface area contributed by atoms with Gasteiger partial charge in [-0.2, -0.15) is 0 Å². The molecule has 1 heterocycles. The lowest BCUT2D eigenvalue weighted by atomic mass is 9.87. The Kier molecular flexibility index (Phi) is 5.61. The van der Waals surface area contributed by atoms with Crippen LogP contribution in [0.15, 0.2) is 42.5 Å². The molecule has 7 heteroatoms. The van der Waals surface area contributed by atoms with Crippen LogP contribution in [0.3, 0.4) is 0 Å². The summed E-state index contributed by atoms with van der Waals surface area (Å²) in [6.45, 7) is 0.0510. The van der Waals surface area contributed by atoms with Gasteiger partial charge in [-0.1, -0.05) is 42.8 Å². The number of hydrogen-bond acceptors (Lipinski definition) is 7. The summed E-state index contributed by atoms with van der Waals surface area (Å²) in [6.07, 6.45) is 6.74. The van der Waals surface area contributed by atoms with Crippen LogP contribution in [0.2, 0.25) is 0 Å². The number of fused-ring (bicyclic) bond motifs is 1. The molecule has 1 saturated carbocycles. The second-order valence-electron chi connectivity index (χ2n) is 7.78. The van der Waals surface area contributed by atoms with Gasteiger partial charge in [0, 0.05) is 19.3 Å². The maximum absolute atomic E-state index is 12.6. The number of ether oxygens (including phenoxy) is 5. The Bertz CT molecular complexity index is 769. The van der Waals surface area contributed by atoms with E-state index < -0.39 is 23.5 Å². The molecule has 0 N–H and O–H groups in total. The number of carbonyl (C=O) groups is 2. The van der Waals surface area contributed by atoms with E-state index in [2.05, 4.69) is 0 Å². The lowest BCUT2D eigenvalue weighted by Gasteiger charge is -2.33. The maximum Gasteiger partial charge on any atom is 0.510 e. The summed E-state index contributed by atoms with van der Waals surface area (Å²) in [7, 11) is 1.26. The predicted molar refractivity (Wildman–Crippen MR) is 102 cm³/mol. The molecule has 1 aromatic carbocycles. The molecule has 2 fully saturated rings. The lowest BCUT2D eigenvalue weighted by Crippen LogP contribution is -2.49. The number of methoxy groups -OCH3 is 1. The molecule has 3 aliphatic rings. The van der Waals surface area contributed by atoms with E-state index >= 15 is 0 Å². The molecule has 1 aromatic rings. The van der Waals surface area contributed by atoms with E-state index in [1.54, 1.807) is 6.08 Å². The quantitative estimate of drug-likeness (QED) is 0.562. The number of benzene rings is 1. The first kappa shape index (κ1) is 19.9. The van der Waals surface area contributed by atoms with Crippen molar-refractivity contribution >= 4 is 12.1 Å². The van der Waals surface area contributed by atoms with Crippen molar-refractivity contribution in [2.75, 3.05) is 7.11 Å². The Morgan fingerprint density at radius 2 is 1.86 bits per heavy atom. The van der Waals surface area contributed by atoms with E-state index in [9.17, 15) is 9.59 Å². The first-order chi connectivity index (χ1) is 14.0. The highest BCUT2D eigenvalue weighted by Crippen LogP contribution is 2.45. The van der Waals surface area contributed by atoms with Crippen LogP contribution in [0.4, 0.5) is 4.79 Å². The summed E-state index contributed by atoms with van der Waals surface area (Å²) in [4.78, 5) is 24.9. The van der Waals surface area contributed by atoms with Gasteiger partial charge in [0.25, 0.3) is 0 Å². The number of esters is 1. The minimum atomic E-state index is -1.59. The first-order valence-corrected chi connectivity index (χ1v) is 10.1. The van der Waals surface area contributed by atoms with Gasteiger partial charge in [-0.05, 0) is 24.5 Å². The lowest BCUT2D eigenvalue weighted by molar-refractivity contribution is -0.195. The Labute approximate surface area is 169 Å². The molecule has 0 radical (unpaired) electrons. The van der Waals surface area contributed by atoms with Crippen LogP contribution in [0.25, 0.3) is 0 Å². The molecular formula is C22H26O7. The smallest absolute Gasteiger partial charge is 0.466 e. The molecule has 0 aromatic heterocycles. The molecular weight excluding hydrogens is 376 g/mol. The van der Waals surface area contributed by atoms with E-state index in [0.717, 1.165) is 31.2 Å². The Morgan fingerprint density at radius 1 is 1.10 bits per heavy atom. The minimum Gasteiger partial charge on any atom is -0.466 e. The predicted octanol–water partition coefficient (Wildman–Crippen LogP) is 3.66. The second kappa shape index (κ2) is 8.16. The second-order valence-corrected chi connectivity index (χ2v) is 7.78. The normalized spacial score (nSPS) is 29.8. The van der Waals surface area contributed by atoms with Crippen molar-refractivity contribution in [2.45, 2.75) is 68.7 Å². The first-order valence-electron chi connectivity index (χ1n) is 10.1. The van der Waals surface area contributed by atoms with Crippen molar-refractivity contribution < 1.29 is 33.3 Å². The fraction of sp³-hybridized carbons (Fsp3) is 0.545. The fourth-order valence-electron chi connectivity index (χ4n) is 4.30. The molecule has 1 aliphatic heterocycles. The van der Waals surface area contributed by atoms with Gasteiger partial charge < -0.3 is 23.7 Å². The van der Waals surface area contributed by atoms with Crippen LogP contribution in [0.1, 0.15) is 44.1 Å². The highest BCUT2D eigenvalue weighted by Gasteiger charge is 2.55. The van der Waals surface area contributed by atoms with Gasteiger partial charge in [0.05, 0.1) is 13.2 Å². The average Bonchev–Trinajstić information content (AvgIpc) is 3.09. The molecule has 4 rings (SSSR count). The molecule has 156 valence electrons. The fourth-order valence-corrected chi connectivity index (χ4v) is 4.30. The summed E-state index contributed by atoms with van der Waals surface area (Å²) < 4.78 is 28.0. The summed E-state index contributed by atoms with van der Waals surface area (Å²) in [5.74, 6) is -1.27. The minimum absolute atomic E-state index is 0.0510. The van der Waals surface area contributed by atoms with Crippen LogP contribution in [0, 0.1) is 0 Å². The third kappa shape index (κ3) is 4.16. The summed E-state index contributed by atoms with van der Waals surface area (Å²) >= 11 is 0. The van der Waals surface area contributed by atoms with Crippen LogP contribution >= 0.6 is 0 Å². The van der Waals surface area contributed by atoms with Gasteiger partial charge in [0.1, 0.15) is 12.7 Å². The van der Waals surface area contributed by atoms with E-state index in [1.165, 1.54) is 19.6 Å². The zero-order chi connectivity index (χ0) is 20.3. The monoisotopic (exact) mass is 402 g/mol. The number of hydrogen-bond donors (Lipinski definition) is 0. The van der Waals surface area contributed by atoms with Crippen LogP contribution < -0.4 is 0 Å². The van der Waals surface area contributed by atoms with Gasteiger partial charge >= 0.3 is 12.1 Å². The van der Waals surface area contributed by atoms with E-state index in [4.69, 9.17) is 23.7 Å². The number of carbonyl (C=O) groups excluding carboxylic acids is 2. The summed E-state index contributed by atoms with van der Waals surface area (Å²) in [5, 5.41) is 0. The molecule has 7 nitrogen and oxygen atoms in total. The SMILES string of the molecule is COC(=O)[C@]1(OC(=O)OCc2ccccc2)C=C[C@@H]2OC3(CCCCC3)O[C@@H]2C1. The molecule has 1 saturated heterocycles. The van der Waals surface area contributed by atoms with Gasteiger partial charge in [-0.25, -0.2) is 9.59 Å². The molecule has 29 heavy (non-hydrogen) atoms. The van der Waals surface area contributed by atoms with Gasteiger partial charge in [-0.3, -0.25) is 0 Å². The zero-order valence-corrected chi connectivity index (χ0v) is 16.5. The highest BCUT2D eigenvalue weighted by atomic mass is 16.8. The molecule has 0 unspecified atom stereocenters. The Hall–Kier alpha value is -2.38. The van der Waals surface area contributed by atoms with Gasteiger partial charge in [0.15, 0.2) is 5.79 Å². The van der Waals surface area contributed by atoms with Crippen molar-refractivity contribution in [1.29, 1.82) is 0 Å². The largest absolute Gasteiger partial charge is 0.510 e. The van der Waals surface area contributed by atoms with Crippen LogP contribution in [0.5, 0.6) is 0 Å². The molecule has 3 atom stereocenters. The highest BCUT2D eigenvalue weighted by molar-refractivity contribution is 5.85. The summed E-state index contributed by atoms with van der Waals surface area (Å²) in [5.41, 5.74) is -0.768. The Morgan fingerprint density at radius 3 is 2.59 bits per heavy atom. The molecule has 0 bridgehead atoms. The summed E-state index contributed by atoms with van der Waals surface area (Å²) in [6, 6.07) is 9.24. The average molecular weight is 402 g/mol.